The standard InChI is InChI=1S/C16H14FN3OS/c17-11-6-7-15-13(10-11)14(8-9-21-15)19-20-16(22)18-12-4-2-1-3-5-12/h1-8,10,19H,9H2,(H2,18,20,22). The van der Waals surface area contributed by atoms with Gasteiger partial charge in [0.1, 0.15) is 18.2 Å². The van der Waals surface area contributed by atoms with Crippen molar-refractivity contribution in [2.75, 3.05) is 11.9 Å². The van der Waals surface area contributed by atoms with Gasteiger partial charge >= 0.3 is 0 Å². The van der Waals surface area contributed by atoms with Crippen LogP contribution in [0.4, 0.5) is 10.1 Å². The number of halogens is 1. The molecular formula is C16H14FN3OS. The Labute approximate surface area is 133 Å². The predicted molar refractivity (Wildman–Crippen MR) is 88.8 cm³/mol. The first-order valence-corrected chi connectivity index (χ1v) is 7.14. The summed E-state index contributed by atoms with van der Waals surface area (Å²) in [6.07, 6.45) is 1.82. The molecule has 0 spiro atoms. The average molecular weight is 315 g/mol. The van der Waals surface area contributed by atoms with Gasteiger partial charge in [0.15, 0.2) is 5.11 Å². The minimum Gasteiger partial charge on any atom is -0.489 e. The summed E-state index contributed by atoms with van der Waals surface area (Å²) < 4.78 is 18.8. The quantitative estimate of drug-likeness (QED) is 0.600. The van der Waals surface area contributed by atoms with Crippen LogP contribution in [0.25, 0.3) is 5.70 Å². The molecule has 0 radical (unpaired) electrons. The summed E-state index contributed by atoms with van der Waals surface area (Å²) in [6, 6.07) is 14.0. The molecule has 0 atom stereocenters. The van der Waals surface area contributed by atoms with Crippen LogP contribution in [0.5, 0.6) is 5.75 Å². The van der Waals surface area contributed by atoms with Crippen molar-refractivity contribution in [3.8, 4) is 5.75 Å². The van der Waals surface area contributed by atoms with Crippen LogP contribution in [0.2, 0.25) is 0 Å². The second kappa shape index (κ2) is 6.44. The molecule has 1 heterocycles. The molecule has 6 heteroatoms. The molecule has 0 unspecified atom stereocenters. The Morgan fingerprint density at radius 1 is 1.14 bits per heavy atom. The zero-order valence-electron chi connectivity index (χ0n) is 11.6. The third-order valence-electron chi connectivity index (χ3n) is 3.10. The van der Waals surface area contributed by atoms with Crippen LogP contribution in [0, 0.1) is 5.82 Å². The number of hydrogen-bond donors (Lipinski definition) is 3. The number of para-hydroxylation sites is 1. The molecule has 3 N–H and O–H groups in total. The number of benzene rings is 2. The lowest BCUT2D eigenvalue weighted by Gasteiger charge is -2.21. The average Bonchev–Trinajstić information content (AvgIpc) is 2.54. The summed E-state index contributed by atoms with van der Waals surface area (Å²) in [5.41, 5.74) is 8.13. The van der Waals surface area contributed by atoms with E-state index in [0.29, 0.717) is 23.0 Å². The highest BCUT2D eigenvalue weighted by molar-refractivity contribution is 7.80. The molecule has 22 heavy (non-hydrogen) atoms. The maximum absolute atomic E-state index is 13.4. The molecule has 1 aliphatic heterocycles. The zero-order valence-corrected chi connectivity index (χ0v) is 12.4. The number of ether oxygens (including phenoxy) is 1. The highest BCUT2D eigenvalue weighted by Crippen LogP contribution is 2.28. The van der Waals surface area contributed by atoms with E-state index in [0.717, 1.165) is 11.4 Å². The van der Waals surface area contributed by atoms with Gasteiger partial charge in [0, 0.05) is 11.3 Å². The van der Waals surface area contributed by atoms with Crippen LogP contribution >= 0.6 is 12.2 Å². The van der Waals surface area contributed by atoms with Gasteiger partial charge in [0.25, 0.3) is 0 Å². The Hall–Kier alpha value is -2.60. The maximum Gasteiger partial charge on any atom is 0.189 e. The van der Waals surface area contributed by atoms with Crippen molar-refractivity contribution < 1.29 is 9.13 Å². The number of rotatable bonds is 3. The highest BCUT2D eigenvalue weighted by Gasteiger charge is 2.14. The van der Waals surface area contributed by atoms with Gasteiger partial charge in [-0.2, -0.15) is 0 Å². The highest BCUT2D eigenvalue weighted by atomic mass is 32.1. The van der Waals surface area contributed by atoms with E-state index in [9.17, 15) is 4.39 Å². The van der Waals surface area contributed by atoms with Crippen molar-refractivity contribution in [1.82, 2.24) is 10.9 Å². The van der Waals surface area contributed by atoms with Crippen molar-refractivity contribution in [3.05, 3.63) is 66.0 Å². The second-order valence-electron chi connectivity index (χ2n) is 4.64. The lowest BCUT2D eigenvalue weighted by atomic mass is 10.1. The van der Waals surface area contributed by atoms with Gasteiger partial charge in [-0.05, 0) is 48.6 Å². The fraction of sp³-hybridized carbons (Fsp3) is 0.0625. The first kappa shape index (κ1) is 14.3. The molecule has 0 saturated carbocycles. The Kier molecular flexibility index (Phi) is 4.20. The van der Waals surface area contributed by atoms with E-state index in [1.165, 1.54) is 12.1 Å². The predicted octanol–water partition coefficient (Wildman–Crippen LogP) is 3.05. The third-order valence-corrected chi connectivity index (χ3v) is 3.30. The molecule has 112 valence electrons. The number of anilines is 1. The molecule has 0 bridgehead atoms. The van der Waals surface area contributed by atoms with Crippen molar-refractivity contribution in [1.29, 1.82) is 0 Å². The summed E-state index contributed by atoms with van der Waals surface area (Å²) in [6.45, 7) is 0.418. The molecular weight excluding hydrogens is 301 g/mol. The van der Waals surface area contributed by atoms with E-state index in [1.807, 2.05) is 36.4 Å². The van der Waals surface area contributed by atoms with Crippen molar-refractivity contribution in [2.45, 2.75) is 0 Å². The van der Waals surface area contributed by atoms with Crippen LogP contribution in [0.3, 0.4) is 0 Å². The van der Waals surface area contributed by atoms with E-state index < -0.39 is 0 Å². The Balaban J connectivity index is 1.64. The molecule has 0 aliphatic carbocycles. The van der Waals surface area contributed by atoms with Gasteiger partial charge in [0.05, 0.1) is 5.70 Å². The third kappa shape index (κ3) is 3.35. The molecule has 0 aromatic heterocycles. The van der Waals surface area contributed by atoms with Crippen molar-refractivity contribution in [3.63, 3.8) is 0 Å². The zero-order chi connectivity index (χ0) is 15.4. The molecule has 0 fully saturated rings. The lowest BCUT2D eigenvalue weighted by Crippen LogP contribution is -2.39. The summed E-state index contributed by atoms with van der Waals surface area (Å²) in [5, 5.41) is 3.46. The smallest absolute Gasteiger partial charge is 0.189 e. The summed E-state index contributed by atoms with van der Waals surface area (Å²) in [5.74, 6) is 0.317. The molecule has 3 rings (SSSR count). The monoisotopic (exact) mass is 315 g/mol. The molecule has 0 amide bonds. The maximum atomic E-state index is 13.4. The van der Waals surface area contributed by atoms with Crippen LogP contribution in [-0.4, -0.2) is 11.7 Å². The number of thiocarbonyl (C=S) groups is 1. The van der Waals surface area contributed by atoms with Crippen LogP contribution < -0.4 is 20.9 Å². The topological polar surface area (TPSA) is 45.3 Å². The minimum atomic E-state index is -0.318. The first-order chi connectivity index (χ1) is 10.7. The minimum absolute atomic E-state index is 0.318. The largest absolute Gasteiger partial charge is 0.489 e. The van der Waals surface area contributed by atoms with E-state index in [1.54, 1.807) is 6.07 Å². The van der Waals surface area contributed by atoms with Gasteiger partial charge in [-0.15, -0.1) is 0 Å². The van der Waals surface area contributed by atoms with Crippen LogP contribution in [0.1, 0.15) is 5.56 Å². The van der Waals surface area contributed by atoms with Gasteiger partial charge in [-0.1, -0.05) is 18.2 Å². The fourth-order valence-electron chi connectivity index (χ4n) is 2.09. The van der Waals surface area contributed by atoms with E-state index in [4.69, 9.17) is 17.0 Å². The summed E-state index contributed by atoms with van der Waals surface area (Å²) >= 11 is 5.21. The molecule has 2 aromatic rings. The Morgan fingerprint density at radius 3 is 2.77 bits per heavy atom. The van der Waals surface area contributed by atoms with Gasteiger partial charge in [-0.25, -0.2) is 4.39 Å². The summed E-state index contributed by atoms with van der Waals surface area (Å²) in [4.78, 5) is 0. The van der Waals surface area contributed by atoms with Crippen LogP contribution in [0.15, 0.2) is 54.6 Å². The van der Waals surface area contributed by atoms with Gasteiger partial charge < -0.3 is 10.1 Å². The number of fused-ring (bicyclic) bond motifs is 1. The van der Waals surface area contributed by atoms with E-state index in [-0.39, 0.29) is 5.82 Å². The van der Waals surface area contributed by atoms with Crippen LogP contribution in [-0.2, 0) is 0 Å². The second-order valence-corrected chi connectivity index (χ2v) is 5.05. The Bertz CT molecular complexity index is 719. The number of nitrogens with one attached hydrogen (secondary N) is 3. The molecule has 1 aliphatic rings. The Morgan fingerprint density at radius 2 is 1.95 bits per heavy atom. The molecule has 0 saturated heterocycles. The lowest BCUT2D eigenvalue weighted by molar-refractivity contribution is 0.355. The number of hydrazine groups is 1. The summed E-state index contributed by atoms with van der Waals surface area (Å²) in [7, 11) is 0. The van der Waals surface area contributed by atoms with Crippen molar-refractivity contribution >= 4 is 28.7 Å². The first-order valence-electron chi connectivity index (χ1n) is 6.73. The SMILES string of the molecule is Fc1ccc2c(c1)C(NNC(=S)Nc1ccccc1)=CCO2. The van der Waals surface area contributed by atoms with Gasteiger partial charge in [-0.3, -0.25) is 10.9 Å². The number of hydrogen-bond acceptors (Lipinski definition) is 3. The molecule has 2 aromatic carbocycles. The van der Waals surface area contributed by atoms with Gasteiger partial charge in [0.2, 0.25) is 0 Å². The molecule has 4 nitrogen and oxygen atoms in total. The normalized spacial score (nSPS) is 12.5. The van der Waals surface area contributed by atoms with E-state index >= 15 is 0 Å². The van der Waals surface area contributed by atoms with E-state index in [2.05, 4.69) is 16.2 Å². The fourth-order valence-corrected chi connectivity index (χ4v) is 2.26. The van der Waals surface area contributed by atoms with Crippen molar-refractivity contribution in [2.24, 2.45) is 0 Å².